The molecule has 0 heterocycles. The van der Waals surface area contributed by atoms with E-state index in [-0.39, 0.29) is 11.3 Å². The number of rotatable bonds is 9. The summed E-state index contributed by atoms with van der Waals surface area (Å²) in [6.07, 6.45) is 2.19. The quantitative estimate of drug-likeness (QED) is 0.456. The van der Waals surface area contributed by atoms with Gasteiger partial charge in [0.15, 0.2) is 0 Å². The number of carbonyl (C=O) groups is 1. The van der Waals surface area contributed by atoms with Gasteiger partial charge in [0, 0.05) is 13.5 Å². The molecular weight excluding hydrogens is 208 g/mol. The Morgan fingerprint density at radius 2 is 2.00 bits per heavy atom. The van der Waals surface area contributed by atoms with Gasteiger partial charge in [0.25, 0.3) is 0 Å². The SMILES string of the molecule is COCCONC(=O)CCC(C)(C)CCN. The van der Waals surface area contributed by atoms with Gasteiger partial charge in [-0.15, -0.1) is 0 Å². The third kappa shape index (κ3) is 8.64. The number of hydroxylamine groups is 1. The van der Waals surface area contributed by atoms with Gasteiger partial charge in [0.1, 0.15) is 0 Å². The van der Waals surface area contributed by atoms with Crippen LogP contribution in [0.4, 0.5) is 0 Å². The van der Waals surface area contributed by atoms with Gasteiger partial charge in [-0.1, -0.05) is 13.8 Å². The molecule has 0 rings (SSSR count). The highest BCUT2D eigenvalue weighted by molar-refractivity contribution is 5.74. The maximum absolute atomic E-state index is 11.3. The summed E-state index contributed by atoms with van der Waals surface area (Å²) in [5, 5.41) is 0. The number of methoxy groups -OCH3 is 1. The van der Waals surface area contributed by atoms with Crippen LogP contribution in [0, 0.1) is 5.41 Å². The second-order valence-corrected chi connectivity index (χ2v) is 4.57. The van der Waals surface area contributed by atoms with Crippen LogP contribution in [0.3, 0.4) is 0 Å². The maximum Gasteiger partial charge on any atom is 0.243 e. The van der Waals surface area contributed by atoms with Crippen LogP contribution in [0.25, 0.3) is 0 Å². The molecule has 0 aromatic heterocycles. The smallest absolute Gasteiger partial charge is 0.243 e. The standard InChI is InChI=1S/C11H24N2O3/c1-11(2,6-7-12)5-4-10(14)13-16-9-8-15-3/h4-9,12H2,1-3H3,(H,13,14). The van der Waals surface area contributed by atoms with E-state index in [1.165, 1.54) is 0 Å². The van der Waals surface area contributed by atoms with Crippen molar-refractivity contribution in [2.75, 3.05) is 26.9 Å². The first kappa shape index (κ1) is 15.3. The van der Waals surface area contributed by atoms with E-state index in [2.05, 4.69) is 19.3 Å². The summed E-state index contributed by atoms with van der Waals surface area (Å²) in [6, 6.07) is 0. The minimum absolute atomic E-state index is 0.0961. The van der Waals surface area contributed by atoms with Crippen molar-refractivity contribution in [2.24, 2.45) is 11.1 Å². The number of hydrogen-bond donors (Lipinski definition) is 2. The molecule has 16 heavy (non-hydrogen) atoms. The van der Waals surface area contributed by atoms with Gasteiger partial charge in [0.05, 0.1) is 13.2 Å². The van der Waals surface area contributed by atoms with Crippen molar-refractivity contribution in [3.63, 3.8) is 0 Å². The first-order valence-corrected chi connectivity index (χ1v) is 5.61. The number of carbonyl (C=O) groups excluding carboxylic acids is 1. The molecule has 0 unspecified atom stereocenters. The fraction of sp³-hybridized carbons (Fsp3) is 0.909. The summed E-state index contributed by atoms with van der Waals surface area (Å²) in [5.41, 5.74) is 7.99. The number of amides is 1. The van der Waals surface area contributed by atoms with Crippen LogP contribution in [-0.4, -0.2) is 32.8 Å². The number of nitrogens with two attached hydrogens (primary N) is 1. The fourth-order valence-corrected chi connectivity index (χ4v) is 1.28. The third-order valence-corrected chi connectivity index (χ3v) is 2.43. The molecule has 0 aliphatic heterocycles. The lowest BCUT2D eigenvalue weighted by molar-refractivity contribution is -0.135. The van der Waals surface area contributed by atoms with Crippen molar-refractivity contribution in [1.29, 1.82) is 0 Å². The van der Waals surface area contributed by atoms with Crippen LogP contribution in [0.5, 0.6) is 0 Å². The molecule has 3 N–H and O–H groups in total. The molecule has 0 radical (unpaired) electrons. The van der Waals surface area contributed by atoms with Crippen LogP contribution >= 0.6 is 0 Å². The lowest BCUT2D eigenvalue weighted by Gasteiger charge is -2.23. The van der Waals surface area contributed by atoms with E-state index in [0.717, 1.165) is 12.8 Å². The molecule has 0 bridgehead atoms. The minimum atomic E-state index is -0.0961. The molecule has 0 saturated heterocycles. The molecule has 0 saturated carbocycles. The van der Waals surface area contributed by atoms with Crippen molar-refractivity contribution in [3.8, 4) is 0 Å². The van der Waals surface area contributed by atoms with Crippen LogP contribution in [0.15, 0.2) is 0 Å². The lowest BCUT2D eigenvalue weighted by atomic mass is 9.84. The Kier molecular flexibility index (Phi) is 8.15. The van der Waals surface area contributed by atoms with E-state index >= 15 is 0 Å². The Hall–Kier alpha value is -0.650. The minimum Gasteiger partial charge on any atom is -0.382 e. The number of nitrogens with one attached hydrogen (secondary N) is 1. The summed E-state index contributed by atoms with van der Waals surface area (Å²) in [7, 11) is 1.58. The van der Waals surface area contributed by atoms with Crippen LogP contribution in [0.2, 0.25) is 0 Å². The van der Waals surface area contributed by atoms with E-state index in [9.17, 15) is 4.79 Å². The molecule has 0 fully saturated rings. The van der Waals surface area contributed by atoms with Gasteiger partial charge in [-0.3, -0.25) is 9.63 Å². The third-order valence-electron chi connectivity index (χ3n) is 2.43. The monoisotopic (exact) mass is 232 g/mol. The first-order valence-electron chi connectivity index (χ1n) is 5.61. The maximum atomic E-state index is 11.3. The molecular formula is C11H24N2O3. The molecule has 5 nitrogen and oxygen atoms in total. The average molecular weight is 232 g/mol. The average Bonchev–Trinajstić information content (AvgIpc) is 2.22. The van der Waals surface area contributed by atoms with E-state index in [0.29, 0.717) is 26.2 Å². The molecule has 0 spiro atoms. The van der Waals surface area contributed by atoms with Gasteiger partial charge < -0.3 is 10.5 Å². The zero-order valence-electron chi connectivity index (χ0n) is 10.5. The highest BCUT2D eigenvalue weighted by Gasteiger charge is 2.18. The molecule has 0 aliphatic carbocycles. The Bertz CT molecular complexity index is 196. The van der Waals surface area contributed by atoms with Crippen LogP contribution in [-0.2, 0) is 14.4 Å². The largest absolute Gasteiger partial charge is 0.382 e. The van der Waals surface area contributed by atoms with Gasteiger partial charge in [0.2, 0.25) is 5.91 Å². The van der Waals surface area contributed by atoms with Crippen molar-refractivity contribution >= 4 is 5.91 Å². The van der Waals surface area contributed by atoms with Crippen LogP contribution < -0.4 is 11.2 Å². The molecule has 0 aliphatic rings. The Balaban J connectivity index is 3.56. The molecule has 0 aromatic carbocycles. The van der Waals surface area contributed by atoms with Gasteiger partial charge >= 0.3 is 0 Å². The summed E-state index contributed by atoms with van der Waals surface area (Å²) in [5.74, 6) is -0.0961. The van der Waals surface area contributed by atoms with Gasteiger partial charge in [-0.2, -0.15) is 0 Å². The van der Waals surface area contributed by atoms with Crippen molar-refractivity contribution < 1.29 is 14.4 Å². The fourth-order valence-electron chi connectivity index (χ4n) is 1.28. The predicted molar refractivity (Wildman–Crippen MR) is 62.7 cm³/mol. The number of ether oxygens (including phenoxy) is 1. The molecule has 1 amide bonds. The zero-order chi connectivity index (χ0) is 12.4. The van der Waals surface area contributed by atoms with E-state index in [4.69, 9.17) is 15.3 Å². The predicted octanol–water partition coefficient (Wildman–Crippen LogP) is 0.836. The molecule has 0 atom stereocenters. The van der Waals surface area contributed by atoms with Gasteiger partial charge in [-0.25, -0.2) is 5.48 Å². The second kappa shape index (κ2) is 8.50. The second-order valence-electron chi connectivity index (χ2n) is 4.57. The highest BCUT2D eigenvalue weighted by atomic mass is 16.7. The number of hydrogen-bond acceptors (Lipinski definition) is 4. The Labute approximate surface area is 97.6 Å². The van der Waals surface area contributed by atoms with E-state index in [1.807, 2.05) is 0 Å². The molecule has 5 heteroatoms. The highest BCUT2D eigenvalue weighted by Crippen LogP contribution is 2.25. The molecule has 0 aromatic rings. The first-order chi connectivity index (χ1) is 7.52. The summed E-state index contributed by atoms with van der Waals surface area (Å²) < 4.78 is 4.78. The van der Waals surface area contributed by atoms with Crippen molar-refractivity contribution in [2.45, 2.75) is 33.1 Å². The van der Waals surface area contributed by atoms with E-state index in [1.54, 1.807) is 7.11 Å². The Morgan fingerprint density at radius 1 is 1.31 bits per heavy atom. The Morgan fingerprint density at radius 3 is 2.56 bits per heavy atom. The summed E-state index contributed by atoms with van der Waals surface area (Å²) in [4.78, 5) is 16.3. The van der Waals surface area contributed by atoms with Crippen LogP contribution in [0.1, 0.15) is 33.1 Å². The van der Waals surface area contributed by atoms with Crippen molar-refractivity contribution in [3.05, 3.63) is 0 Å². The molecule has 96 valence electrons. The summed E-state index contributed by atoms with van der Waals surface area (Å²) in [6.45, 7) is 5.71. The lowest BCUT2D eigenvalue weighted by Crippen LogP contribution is -2.27. The van der Waals surface area contributed by atoms with Crippen molar-refractivity contribution in [1.82, 2.24) is 5.48 Å². The zero-order valence-corrected chi connectivity index (χ0v) is 10.5. The topological polar surface area (TPSA) is 73.6 Å². The van der Waals surface area contributed by atoms with E-state index < -0.39 is 0 Å². The normalized spacial score (nSPS) is 11.5. The van der Waals surface area contributed by atoms with Gasteiger partial charge in [-0.05, 0) is 24.8 Å². The summed E-state index contributed by atoms with van der Waals surface area (Å²) >= 11 is 0.